The van der Waals surface area contributed by atoms with Crippen LogP contribution in [0.15, 0.2) is 24.3 Å². The van der Waals surface area contributed by atoms with Gasteiger partial charge < -0.3 is 15.4 Å². The lowest BCUT2D eigenvalue weighted by Gasteiger charge is -2.24. The number of ether oxygens (including phenoxy) is 1. The van der Waals surface area contributed by atoms with Gasteiger partial charge in [-0.2, -0.15) is 0 Å². The van der Waals surface area contributed by atoms with E-state index in [0.29, 0.717) is 18.5 Å². The highest BCUT2D eigenvalue weighted by Gasteiger charge is 2.38. The van der Waals surface area contributed by atoms with Crippen LogP contribution in [0.2, 0.25) is 0 Å². The van der Waals surface area contributed by atoms with Gasteiger partial charge in [-0.25, -0.2) is 0 Å². The van der Waals surface area contributed by atoms with Crippen LogP contribution in [0.3, 0.4) is 0 Å². The SMILES string of the molecule is CC(C)Oc1ccccc1CNC(=O)C1CC2CCCCC2N1.Cl. The number of fused-ring (bicyclic) bond motifs is 1. The zero-order valence-electron chi connectivity index (χ0n) is 14.6. The second kappa shape index (κ2) is 8.72. The molecule has 2 aliphatic rings. The molecule has 0 bridgehead atoms. The second-order valence-electron chi connectivity index (χ2n) is 7.10. The standard InChI is InChI=1S/C19H28N2O2.ClH/c1-13(2)23-18-10-6-4-8-15(18)12-20-19(22)17-11-14-7-3-5-9-16(14)21-17;/h4,6,8,10,13-14,16-17,21H,3,5,7,9,11-12H2,1-2H3,(H,20,22);1H. The van der Waals surface area contributed by atoms with Gasteiger partial charge in [0.05, 0.1) is 12.1 Å². The van der Waals surface area contributed by atoms with E-state index in [9.17, 15) is 4.79 Å². The molecule has 1 saturated carbocycles. The summed E-state index contributed by atoms with van der Waals surface area (Å²) in [6.45, 7) is 4.55. The van der Waals surface area contributed by atoms with Crippen LogP contribution in [0, 0.1) is 5.92 Å². The van der Waals surface area contributed by atoms with Crippen molar-refractivity contribution in [1.82, 2.24) is 10.6 Å². The summed E-state index contributed by atoms with van der Waals surface area (Å²) in [5, 5.41) is 6.62. The van der Waals surface area contributed by atoms with Gasteiger partial charge in [0.2, 0.25) is 5.91 Å². The van der Waals surface area contributed by atoms with Crippen LogP contribution in [-0.2, 0) is 11.3 Å². The van der Waals surface area contributed by atoms with E-state index in [2.05, 4.69) is 10.6 Å². The summed E-state index contributed by atoms with van der Waals surface area (Å²) in [5.41, 5.74) is 1.03. The molecule has 1 amide bonds. The minimum atomic E-state index is -0.0266. The minimum Gasteiger partial charge on any atom is -0.491 e. The minimum absolute atomic E-state index is 0. The third kappa shape index (κ3) is 4.64. The Labute approximate surface area is 151 Å². The maximum absolute atomic E-state index is 12.5. The molecule has 4 nitrogen and oxygen atoms in total. The van der Waals surface area contributed by atoms with Crippen molar-refractivity contribution in [2.45, 2.75) is 70.7 Å². The van der Waals surface area contributed by atoms with Crippen LogP contribution < -0.4 is 15.4 Å². The topological polar surface area (TPSA) is 50.4 Å². The summed E-state index contributed by atoms with van der Waals surface area (Å²) < 4.78 is 5.81. The Kier molecular flexibility index (Phi) is 6.93. The van der Waals surface area contributed by atoms with Gasteiger partial charge in [-0.15, -0.1) is 12.4 Å². The predicted molar refractivity (Wildman–Crippen MR) is 98.6 cm³/mol. The zero-order valence-corrected chi connectivity index (χ0v) is 15.4. The maximum atomic E-state index is 12.5. The summed E-state index contributed by atoms with van der Waals surface area (Å²) in [4.78, 5) is 12.5. The molecular weight excluding hydrogens is 324 g/mol. The smallest absolute Gasteiger partial charge is 0.237 e. The fourth-order valence-electron chi connectivity index (χ4n) is 3.85. The number of hydrogen-bond acceptors (Lipinski definition) is 3. The number of carbonyl (C=O) groups excluding carboxylic acids is 1. The summed E-state index contributed by atoms with van der Waals surface area (Å²) in [6, 6.07) is 8.45. The second-order valence-corrected chi connectivity index (χ2v) is 7.10. The molecule has 5 heteroatoms. The lowest BCUT2D eigenvalue weighted by Crippen LogP contribution is -2.42. The highest BCUT2D eigenvalue weighted by molar-refractivity contribution is 5.85. The molecular formula is C19H29ClN2O2. The van der Waals surface area contributed by atoms with Gasteiger partial charge in [0.1, 0.15) is 5.75 Å². The Morgan fingerprint density at radius 2 is 2.04 bits per heavy atom. The average Bonchev–Trinajstić information content (AvgIpc) is 2.97. The summed E-state index contributed by atoms with van der Waals surface area (Å²) >= 11 is 0. The molecule has 1 aliphatic heterocycles. The summed E-state index contributed by atoms with van der Waals surface area (Å²) in [7, 11) is 0. The van der Waals surface area contributed by atoms with E-state index in [0.717, 1.165) is 17.7 Å². The van der Waals surface area contributed by atoms with Gasteiger partial charge in [-0.1, -0.05) is 31.0 Å². The maximum Gasteiger partial charge on any atom is 0.237 e. The van der Waals surface area contributed by atoms with Gasteiger partial charge in [-0.3, -0.25) is 4.79 Å². The van der Waals surface area contributed by atoms with E-state index in [1.807, 2.05) is 38.1 Å². The number of nitrogens with one attached hydrogen (secondary N) is 2. The highest BCUT2D eigenvalue weighted by atomic mass is 35.5. The van der Waals surface area contributed by atoms with Crippen molar-refractivity contribution >= 4 is 18.3 Å². The molecule has 0 radical (unpaired) electrons. The Balaban J connectivity index is 0.00000208. The van der Waals surface area contributed by atoms with Crippen LogP contribution >= 0.6 is 12.4 Å². The molecule has 2 fully saturated rings. The van der Waals surface area contributed by atoms with E-state index < -0.39 is 0 Å². The van der Waals surface area contributed by atoms with E-state index in [1.165, 1.54) is 25.7 Å². The Hall–Kier alpha value is -1.26. The van der Waals surface area contributed by atoms with Crippen LogP contribution in [0.4, 0.5) is 0 Å². The van der Waals surface area contributed by atoms with Crippen LogP contribution in [0.5, 0.6) is 5.75 Å². The van der Waals surface area contributed by atoms with Crippen molar-refractivity contribution in [2.75, 3.05) is 0 Å². The fraction of sp³-hybridized carbons (Fsp3) is 0.632. The quantitative estimate of drug-likeness (QED) is 0.853. The number of para-hydroxylation sites is 1. The monoisotopic (exact) mass is 352 g/mol. The summed E-state index contributed by atoms with van der Waals surface area (Å²) in [5.74, 6) is 1.67. The Bertz CT molecular complexity index is 536. The van der Waals surface area contributed by atoms with Crippen molar-refractivity contribution in [3.05, 3.63) is 29.8 Å². The van der Waals surface area contributed by atoms with Crippen molar-refractivity contribution in [1.29, 1.82) is 0 Å². The normalized spacial score (nSPS) is 25.7. The molecule has 134 valence electrons. The highest BCUT2D eigenvalue weighted by Crippen LogP contribution is 2.33. The van der Waals surface area contributed by atoms with E-state index in [-0.39, 0.29) is 30.5 Å². The third-order valence-electron chi connectivity index (χ3n) is 4.97. The molecule has 24 heavy (non-hydrogen) atoms. The first-order chi connectivity index (χ1) is 11.1. The van der Waals surface area contributed by atoms with Gasteiger partial charge in [0, 0.05) is 18.2 Å². The van der Waals surface area contributed by atoms with Crippen LogP contribution in [0.25, 0.3) is 0 Å². The predicted octanol–water partition coefficient (Wildman–Crippen LogP) is 3.43. The molecule has 1 heterocycles. The molecule has 1 aromatic rings. The largest absolute Gasteiger partial charge is 0.491 e. The van der Waals surface area contributed by atoms with E-state index in [1.54, 1.807) is 0 Å². The molecule has 0 spiro atoms. The van der Waals surface area contributed by atoms with Gasteiger partial charge in [-0.05, 0) is 45.1 Å². The molecule has 3 unspecified atom stereocenters. The van der Waals surface area contributed by atoms with Crippen molar-refractivity contribution < 1.29 is 9.53 Å². The van der Waals surface area contributed by atoms with Gasteiger partial charge >= 0.3 is 0 Å². The molecule has 1 aromatic carbocycles. The molecule has 3 rings (SSSR count). The molecule has 3 atom stereocenters. The van der Waals surface area contributed by atoms with Crippen molar-refractivity contribution in [2.24, 2.45) is 5.92 Å². The zero-order chi connectivity index (χ0) is 16.2. The number of benzene rings is 1. The molecule has 1 saturated heterocycles. The lowest BCUT2D eigenvalue weighted by atomic mass is 9.85. The van der Waals surface area contributed by atoms with E-state index in [4.69, 9.17) is 4.74 Å². The number of amides is 1. The third-order valence-corrected chi connectivity index (χ3v) is 4.97. The van der Waals surface area contributed by atoms with Crippen molar-refractivity contribution in [3.8, 4) is 5.75 Å². The molecule has 1 aliphatic carbocycles. The number of hydrogen-bond donors (Lipinski definition) is 2. The van der Waals surface area contributed by atoms with Crippen molar-refractivity contribution in [3.63, 3.8) is 0 Å². The summed E-state index contributed by atoms with van der Waals surface area (Å²) in [6.07, 6.45) is 6.22. The number of carbonyl (C=O) groups is 1. The first-order valence-corrected chi connectivity index (χ1v) is 8.92. The first-order valence-electron chi connectivity index (χ1n) is 8.92. The van der Waals surface area contributed by atoms with Gasteiger partial charge in [0.25, 0.3) is 0 Å². The van der Waals surface area contributed by atoms with Crippen LogP contribution in [0.1, 0.15) is 51.5 Å². The van der Waals surface area contributed by atoms with Crippen LogP contribution in [-0.4, -0.2) is 24.1 Å². The average molecular weight is 353 g/mol. The lowest BCUT2D eigenvalue weighted by molar-refractivity contribution is -0.123. The Morgan fingerprint density at radius 1 is 1.29 bits per heavy atom. The van der Waals surface area contributed by atoms with E-state index >= 15 is 0 Å². The number of halogens is 1. The molecule has 0 aromatic heterocycles. The first kappa shape index (κ1) is 19.1. The molecule has 2 N–H and O–H groups in total. The Morgan fingerprint density at radius 3 is 2.79 bits per heavy atom. The number of rotatable bonds is 5. The van der Waals surface area contributed by atoms with Gasteiger partial charge in [0.15, 0.2) is 0 Å². The fourth-order valence-corrected chi connectivity index (χ4v) is 3.85.